The number of aliphatic imine (C=N–C) groups is 1. The molecule has 1 saturated heterocycles. The van der Waals surface area contributed by atoms with Gasteiger partial charge in [-0.25, -0.2) is 9.18 Å². The van der Waals surface area contributed by atoms with E-state index in [4.69, 9.17) is 0 Å². The Morgan fingerprint density at radius 1 is 1.26 bits per heavy atom. The Hall–Kier alpha value is -3.10. The van der Waals surface area contributed by atoms with Crippen molar-refractivity contribution in [3.63, 3.8) is 0 Å². The molecule has 0 saturated carbocycles. The second-order valence-electron chi connectivity index (χ2n) is 7.87. The zero-order valence-electron chi connectivity index (χ0n) is 18.3. The van der Waals surface area contributed by atoms with Gasteiger partial charge in [-0.3, -0.25) is 14.7 Å². The Morgan fingerprint density at radius 3 is 2.77 bits per heavy atom. The predicted octanol–water partition coefficient (Wildman–Crippen LogP) is 2.52. The van der Waals surface area contributed by atoms with Crippen molar-refractivity contribution in [1.29, 1.82) is 0 Å². The maximum Gasteiger partial charge on any atom is 0.325 e. The second kappa shape index (κ2) is 9.80. The number of nitrogens with zero attached hydrogens (tertiary/aromatic N) is 2. The second-order valence-corrected chi connectivity index (χ2v) is 7.87. The van der Waals surface area contributed by atoms with Gasteiger partial charge in [0.1, 0.15) is 11.4 Å². The van der Waals surface area contributed by atoms with Crippen LogP contribution in [-0.2, 0) is 11.2 Å². The van der Waals surface area contributed by atoms with Crippen LogP contribution < -0.4 is 16.0 Å². The third kappa shape index (κ3) is 5.15. The summed E-state index contributed by atoms with van der Waals surface area (Å²) in [6.07, 6.45) is 3.75. The first kappa shape index (κ1) is 22.6. The molecule has 8 nitrogen and oxygen atoms in total. The molecular weight excluding hydrogens is 399 g/mol. The number of carbonyl (C=O) groups excluding carboxylic acids is 2. The highest BCUT2D eigenvalue weighted by atomic mass is 19.1. The average molecular weight is 431 g/mol. The Bertz CT molecular complexity index is 972. The molecule has 1 aliphatic rings. The molecule has 1 fully saturated rings. The summed E-state index contributed by atoms with van der Waals surface area (Å²) in [5.41, 5.74) is 1.15. The van der Waals surface area contributed by atoms with Crippen LogP contribution >= 0.6 is 0 Å². The van der Waals surface area contributed by atoms with Gasteiger partial charge in [0.15, 0.2) is 5.96 Å². The molecule has 3 rings (SSSR count). The third-order valence-corrected chi connectivity index (χ3v) is 5.62. The van der Waals surface area contributed by atoms with Crippen molar-refractivity contribution in [3.05, 3.63) is 35.8 Å². The van der Waals surface area contributed by atoms with Crippen molar-refractivity contribution >= 4 is 28.8 Å². The third-order valence-electron chi connectivity index (χ3n) is 5.62. The summed E-state index contributed by atoms with van der Waals surface area (Å²) in [6.45, 7) is 7.78. The molecule has 31 heavy (non-hydrogen) atoms. The molecule has 1 aromatic carbocycles. The van der Waals surface area contributed by atoms with Crippen molar-refractivity contribution in [2.24, 2.45) is 4.99 Å². The molecule has 2 heterocycles. The largest absolute Gasteiger partial charge is 0.361 e. The van der Waals surface area contributed by atoms with Crippen LogP contribution in [0.15, 0.2) is 29.4 Å². The summed E-state index contributed by atoms with van der Waals surface area (Å²) in [4.78, 5) is 33.5. The van der Waals surface area contributed by atoms with Crippen molar-refractivity contribution in [2.45, 2.75) is 45.6 Å². The molecule has 2 aromatic rings. The van der Waals surface area contributed by atoms with Crippen LogP contribution in [0.25, 0.3) is 10.9 Å². The molecule has 1 aliphatic heterocycles. The molecule has 1 aromatic heterocycles. The van der Waals surface area contributed by atoms with Crippen LogP contribution in [0.5, 0.6) is 0 Å². The maximum atomic E-state index is 13.5. The highest BCUT2D eigenvalue weighted by Crippen LogP contribution is 2.21. The molecule has 1 atom stereocenters. The van der Waals surface area contributed by atoms with E-state index in [1.165, 1.54) is 11.0 Å². The van der Waals surface area contributed by atoms with Crippen LogP contribution in [0.3, 0.4) is 0 Å². The molecule has 0 radical (unpaired) electrons. The normalized spacial score (nSPS) is 19.2. The molecule has 0 bridgehead atoms. The Kier molecular flexibility index (Phi) is 7.14. The van der Waals surface area contributed by atoms with Crippen LogP contribution in [-0.4, -0.2) is 59.5 Å². The minimum Gasteiger partial charge on any atom is -0.361 e. The minimum atomic E-state index is -0.803. The van der Waals surface area contributed by atoms with Gasteiger partial charge in [0.25, 0.3) is 5.91 Å². The van der Waals surface area contributed by atoms with Gasteiger partial charge in [-0.05, 0) is 56.9 Å². The van der Waals surface area contributed by atoms with Gasteiger partial charge in [-0.2, -0.15) is 0 Å². The molecule has 4 N–H and O–H groups in total. The number of guanidine groups is 1. The Balaban J connectivity index is 1.49. The van der Waals surface area contributed by atoms with E-state index >= 15 is 0 Å². The number of urea groups is 1. The van der Waals surface area contributed by atoms with Crippen molar-refractivity contribution in [2.75, 3.05) is 26.2 Å². The number of fused-ring (bicyclic) bond motifs is 1. The summed E-state index contributed by atoms with van der Waals surface area (Å²) in [5.74, 6) is 0.244. The number of benzene rings is 1. The highest BCUT2D eigenvalue weighted by molar-refractivity contribution is 6.06. The fraction of sp³-hybridized carbons (Fsp3) is 0.500. The van der Waals surface area contributed by atoms with Crippen molar-refractivity contribution in [3.8, 4) is 0 Å². The van der Waals surface area contributed by atoms with Crippen molar-refractivity contribution < 1.29 is 14.0 Å². The highest BCUT2D eigenvalue weighted by Gasteiger charge is 2.45. The van der Waals surface area contributed by atoms with Crippen LogP contribution in [0, 0.1) is 5.82 Å². The zero-order valence-corrected chi connectivity index (χ0v) is 18.3. The first-order chi connectivity index (χ1) is 14.9. The lowest BCUT2D eigenvalue weighted by Crippen LogP contribution is -2.43. The molecule has 168 valence electrons. The molecular formula is C22H31FN6O2. The Labute approximate surface area is 181 Å². The van der Waals surface area contributed by atoms with Crippen LogP contribution in [0.4, 0.5) is 9.18 Å². The molecule has 3 amide bonds. The number of hydrogen-bond donors (Lipinski definition) is 4. The van der Waals surface area contributed by atoms with Gasteiger partial charge in [0.2, 0.25) is 0 Å². The predicted molar refractivity (Wildman–Crippen MR) is 119 cm³/mol. The molecule has 0 spiro atoms. The minimum absolute atomic E-state index is 0.177. The van der Waals surface area contributed by atoms with E-state index in [-0.39, 0.29) is 17.8 Å². The van der Waals surface area contributed by atoms with Gasteiger partial charge >= 0.3 is 6.03 Å². The van der Waals surface area contributed by atoms with Gasteiger partial charge in [-0.1, -0.05) is 6.92 Å². The van der Waals surface area contributed by atoms with E-state index in [9.17, 15) is 14.0 Å². The number of halogens is 1. The lowest BCUT2D eigenvalue weighted by molar-refractivity contribution is -0.130. The van der Waals surface area contributed by atoms with Gasteiger partial charge < -0.3 is 20.9 Å². The van der Waals surface area contributed by atoms with E-state index in [1.807, 2.05) is 20.0 Å². The standard InChI is InChI=1S/C22H31FN6O2/c1-4-22(3)19(30)29(21(31)28-22)12-6-10-25-20(24-5-2)26-11-9-15-14-27-18-8-7-16(23)13-17(15)18/h7-8,13-14,27H,4-6,9-12H2,1-3H3,(H,28,31)(H2,24,25,26). The quantitative estimate of drug-likeness (QED) is 0.212. The monoisotopic (exact) mass is 430 g/mol. The van der Waals surface area contributed by atoms with E-state index in [2.05, 4.69) is 25.9 Å². The molecule has 1 unspecified atom stereocenters. The lowest BCUT2D eigenvalue weighted by Gasteiger charge is -2.19. The summed E-state index contributed by atoms with van der Waals surface area (Å²) in [7, 11) is 0. The number of amides is 3. The molecule has 0 aliphatic carbocycles. The molecule has 9 heteroatoms. The van der Waals surface area contributed by atoms with E-state index in [0.717, 1.165) is 16.5 Å². The zero-order chi connectivity index (χ0) is 22.4. The lowest BCUT2D eigenvalue weighted by atomic mass is 9.99. The first-order valence-electron chi connectivity index (χ1n) is 10.8. The van der Waals surface area contributed by atoms with Crippen LogP contribution in [0.1, 0.15) is 39.2 Å². The summed E-state index contributed by atoms with van der Waals surface area (Å²) in [6, 6.07) is 4.39. The van der Waals surface area contributed by atoms with Gasteiger partial charge in [0.05, 0.1) is 0 Å². The number of carbonyl (C=O) groups is 2. The van der Waals surface area contributed by atoms with E-state index in [1.54, 1.807) is 19.1 Å². The van der Waals surface area contributed by atoms with Crippen molar-refractivity contribution in [1.82, 2.24) is 25.8 Å². The fourth-order valence-corrected chi connectivity index (χ4v) is 3.62. The average Bonchev–Trinajstić information content (AvgIpc) is 3.24. The van der Waals surface area contributed by atoms with Gasteiger partial charge in [-0.15, -0.1) is 0 Å². The van der Waals surface area contributed by atoms with Crippen LogP contribution in [0.2, 0.25) is 0 Å². The van der Waals surface area contributed by atoms with E-state index in [0.29, 0.717) is 51.4 Å². The summed E-state index contributed by atoms with van der Waals surface area (Å²) in [5, 5.41) is 10.1. The fourth-order valence-electron chi connectivity index (χ4n) is 3.62. The summed E-state index contributed by atoms with van der Waals surface area (Å²) < 4.78 is 13.5. The van der Waals surface area contributed by atoms with Gasteiger partial charge in [0, 0.05) is 43.3 Å². The number of nitrogens with one attached hydrogen (secondary N) is 4. The smallest absolute Gasteiger partial charge is 0.325 e. The SMILES string of the molecule is CCNC(=NCCCN1C(=O)NC(C)(CC)C1=O)NCCc1c[nH]c2ccc(F)cc12. The maximum absolute atomic E-state index is 13.5. The first-order valence-corrected chi connectivity index (χ1v) is 10.8. The summed E-state index contributed by atoms with van der Waals surface area (Å²) >= 11 is 0. The number of imide groups is 1. The number of hydrogen-bond acceptors (Lipinski definition) is 3. The Morgan fingerprint density at radius 2 is 2.06 bits per heavy atom. The number of H-pyrrole nitrogens is 1. The number of aromatic amines is 1. The number of aromatic nitrogens is 1. The van der Waals surface area contributed by atoms with E-state index < -0.39 is 5.54 Å². The number of rotatable bonds is 9. The topological polar surface area (TPSA) is 102 Å².